The smallest absolute Gasteiger partial charge is 0.306 e. The quantitative estimate of drug-likeness (QED) is 0.279. The zero-order valence-electron chi connectivity index (χ0n) is 15.9. The van der Waals surface area contributed by atoms with Crippen molar-refractivity contribution >= 4 is 11.9 Å². The second kappa shape index (κ2) is 23.7. The molecule has 0 bridgehead atoms. The van der Waals surface area contributed by atoms with E-state index in [2.05, 4.69) is 6.92 Å². The number of carboxylic acids is 1. The third-order valence-electron chi connectivity index (χ3n) is 2.72. The minimum Gasteiger partial charge on any atom is -0.481 e. The Morgan fingerprint density at radius 2 is 1.38 bits per heavy atom. The van der Waals surface area contributed by atoms with E-state index < -0.39 is 11.9 Å². The highest BCUT2D eigenvalue weighted by Crippen LogP contribution is 1.92. The molecule has 9 nitrogen and oxygen atoms in total. The number of hydrogen-bond acceptors (Lipinski definition) is 8. The molecule has 0 atom stereocenters. The van der Waals surface area contributed by atoms with Gasteiger partial charge in [0.25, 0.3) is 0 Å². The van der Waals surface area contributed by atoms with Gasteiger partial charge in [-0.2, -0.15) is 0 Å². The van der Waals surface area contributed by atoms with E-state index in [0.717, 1.165) is 19.4 Å². The molecule has 0 spiro atoms. The molecule has 0 aromatic heterocycles. The maximum atomic E-state index is 10.9. The molecule has 0 radical (unpaired) electrons. The molecule has 0 rings (SSSR count). The number of hydrogen-bond donors (Lipinski definition) is 2. The number of rotatable bonds is 17. The summed E-state index contributed by atoms with van der Waals surface area (Å²) in [5, 5.41) is 16.6. The summed E-state index contributed by atoms with van der Waals surface area (Å²) < 4.78 is 24.7. The summed E-state index contributed by atoms with van der Waals surface area (Å²) in [4.78, 5) is 21.0. The summed E-state index contributed by atoms with van der Waals surface area (Å²) in [5.41, 5.74) is 0. The van der Waals surface area contributed by atoms with Gasteiger partial charge in [0.15, 0.2) is 0 Å². The zero-order chi connectivity index (χ0) is 19.9. The monoisotopic (exact) mass is 382 g/mol. The van der Waals surface area contributed by atoms with E-state index in [1.807, 2.05) is 0 Å². The first-order chi connectivity index (χ1) is 12.6. The SMILES string of the molecule is CCCCOCCOCCO.COCCOCCOC(=O)CCC(=O)O. The molecule has 156 valence electrons. The summed E-state index contributed by atoms with van der Waals surface area (Å²) in [7, 11) is 1.56. The van der Waals surface area contributed by atoms with E-state index >= 15 is 0 Å². The maximum absolute atomic E-state index is 10.9. The number of unbranched alkanes of at least 4 members (excludes halogenated alkanes) is 1. The average molecular weight is 382 g/mol. The number of esters is 1. The molecule has 0 saturated carbocycles. The summed E-state index contributed by atoms with van der Waals surface area (Å²) in [5.74, 6) is -1.53. The Labute approximate surface area is 155 Å². The maximum Gasteiger partial charge on any atom is 0.306 e. The fraction of sp³-hybridized carbons (Fsp3) is 0.882. The van der Waals surface area contributed by atoms with Crippen molar-refractivity contribution in [2.45, 2.75) is 32.6 Å². The van der Waals surface area contributed by atoms with Gasteiger partial charge in [0.1, 0.15) is 6.61 Å². The Morgan fingerprint density at radius 3 is 1.96 bits per heavy atom. The molecule has 0 aromatic carbocycles. The van der Waals surface area contributed by atoms with Crippen LogP contribution < -0.4 is 0 Å². The van der Waals surface area contributed by atoms with Crippen LogP contribution in [0.5, 0.6) is 0 Å². The van der Waals surface area contributed by atoms with Crippen LogP contribution in [0.15, 0.2) is 0 Å². The summed E-state index contributed by atoms with van der Waals surface area (Å²) in [6.07, 6.45) is 1.97. The number of ether oxygens (including phenoxy) is 5. The molecule has 26 heavy (non-hydrogen) atoms. The minimum atomic E-state index is -1.01. The van der Waals surface area contributed by atoms with Gasteiger partial charge in [-0.1, -0.05) is 13.3 Å². The van der Waals surface area contributed by atoms with Crippen molar-refractivity contribution in [2.24, 2.45) is 0 Å². The average Bonchev–Trinajstić information content (AvgIpc) is 2.63. The van der Waals surface area contributed by atoms with Crippen molar-refractivity contribution in [2.75, 3.05) is 66.6 Å². The second-order valence-corrected chi connectivity index (χ2v) is 5.02. The fourth-order valence-electron chi connectivity index (χ4n) is 1.37. The Morgan fingerprint density at radius 1 is 0.808 bits per heavy atom. The minimum absolute atomic E-state index is 0.0922. The third-order valence-corrected chi connectivity index (χ3v) is 2.72. The van der Waals surface area contributed by atoms with Gasteiger partial charge in [-0.05, 0) is 6.42 Å². The van der Waals surface area contributed by atoms with Crippen molar-refractivity contribution in [3.05, 3.63) is 0 Å². The normalized spacial score (nSPS) is 10.1. The van der Waals surface area contributed by atoms with Gasteiger partial charge in [-0.15, -0.1) is 0 Å². The molecule has 0 heterocycles. The standard InChI is InChI=1S/C9H16O6.C8H18O3/c1-13-4-5-14-6-7-15-9(12)3-2-8(10)11;1-2-3-5-10-7-8-11-6-4-9/h2-7H2,1H3,(H,10,11);9H,2-8H2,1H3. The molecule has 0 saturated heterocycles. The van der Waals surface area contributed by atoms with Crippen LogP contribution in [0.1, 0.15) is 32.6 Å². The highest BCUT2D eigenvalue weighted by atomic mass is 16.6. The largest absolute Gasteiger partial charge is 0.481 e. The van der Waals surface area contributed by atoms with Crippen molar-refractivity contribution in [3.63, 3.8) is 0 Å². The molecule has 9 heteroatoms. The summed E-state index contributed by atoms with van der Waals surface area (Å²) >= 11 is 0. The van der Waals surface area contributed by atoms with E-state index in [-0.39, 0.29) is 26.1 Å². The predicted octanol–water partition coefficient (Wildman–Crippen LogP) is 0.869. The molecule has 0 fully saturated rings. The lowest BCUT2D eigenvalue weighted by Gasteiger charge is -2.04. The molecule has 2 N–H and O–H groups in total. The van der Waals surface area contributed by atoms with E-state index in [1.165, 1.54) is 0 Å². The molecule has 0 aliphatic heterocycles. The Kier molecular flexibility index (Phi) is 24.6. The molecule has 0 amide bonds. The number of aliphatic hydroxyl groups is 1. The summed E-state index contributed by atoms with van der Waals surface area (Å²) in [6.45, 7) is 6.06. The van der Waals surface area contributed by atoms with Gasteiger partial charge >= 0.3 is 11.9 Å². The number of aliphatic carboxylic acids is 1. The molecule has 0 aliphatic rings. The molecule has 0 unspecified atom stereocenters. The lowest BCUT2D eigenvalue weighted by molar-refractivity contribution is -0.148. The number of carbonyl (C=O) groups excluding carboxylic acids is 1. The van der Waals surface area contributed by atoms with Crippen molar-refractivity contribution < 1.29 is 43.5 Å². The van der Waals surface area contributed by atoms with Gasteiger partial charge in [-0.3, -0.25) is 9.59 Å². The van der Waals surface area contributed by atoms with Crippen LogP contribution in [0.25, 0.3) is 0 Å². The number of methoxy groups -OCH3 is 1. The van der Waals surface area contributed by atoms with Crippen LogP contribution in [-0.2, 0) is 33.3 Å². The topological polar surface area (TPSA) is 121 Å². The first-order valence-electron chi connectivity index (χ1n) is 8.78. The van der Waals surface area contributed by atoms with Gasteiger partial charge < -0.3 is 33.9 Å². The van der Waals surface area contributed by atoms with Crippen molar-refractivity contribution in [3.8, 4) is 0 Å². The Bertz CT molecular complexity index is 303. The van der Waals surface area contributed by atoms with Crippen LogP contribution >= 0.6 is 0 Å². The van der Waals surface area contributed by atoms with Gasteiger partial charge in [0.2, 0.25) is 0 Å². The van der Waals surface area contributed by atoms with Crippen LogP contribution in [-0.4, -0.2) is 88.7 Å². The molecular weight excluding hydrogens is 348 g/mol. The van der Waals surface area contributed by atoms with E-state index in [1.54, 1.807) is 7.11 Å². The number of aliphatic hydroxyl groups excluding tert-OH is 1. The lowest BCUT2D eigenvalue weighted by Crippen LogP contribution is -2.13. The van der Waals surface area contributed by atoms with Gasteiger partial charge in [-0.25, -0.2) is 0 Å². The van der Waals surface area contributed by atoms with E-state index in [4.69, 9.17) is 33.9 Å². The predicted molar refractivity (Wildman–Crippen MR) is 94.2 cm³/mol. The zero-order valence-corrected chi connectivity index (χ0v) is 15.9. The second-order valence-electron chi connectivity index (χ2n) is 5.02. The highest BCUT2D eigenvalue weighted by Gasteiger charge is 2.05. The third kappa shape index (κ3) is 27.6. The van der Waals surface area contributed by atoms with E-state index in [9.17, 15) is 9.59 Å². The van der Waals surface area contributed by atoms with Crippen molar-refractivity contribution in [1.82, 2.24) is 0 Å². The molecule has 0 aliphatic carbocycles. The molecule has 0 aromatic rings. The van der Waals surface area contributed by atoms with Crippen LogP contribution in [0.2, 0.25) is 0 Å². The van der Waals surface area contributed by atoms with Crippen LogP contribution in [0.3, 0.4) is 0 Å². The van der Waals surface area contributed by atoms with Crippen LogP contribution in [0, 0.1) is 0 Å². The fourth-order valence-corrected chi connectivity index (χ4v) is 1.37. The molecular formula is C17H34O9. The van der Waals surface area contributed by atoms with Crippen molar-refractivity contribution in [1.29, 1.82) is 0 Å². The van der Waals surface area contributed by atoms with Crippen LogP contribution in [0.4, 0.5) is 0 Å². The Balaban J connectivity index is 0. The number of carboxylic acid groups (broad SMARTS) is 1. The summed E-state index contributed by atoms with van der Waals surface area (Å²) in [6, 6.07) is 0. The number of carbonyl (C=O) groups is 2. The van der Waals surface area contributed by atoms with Gasteiger partial charge in [0.05, 0.1) is 59.1 Å². The Hall–Kier alpha value is -1.26. The first-order valence-corrected chi connectivity index (χ1v) is 8.78. The first kappa shape index (κ1) is 27.0. The highest BCUT2D eigenvalue weighted by molar-refractivity contribution is 5.76. The van der Waals surface area contributed by atoms with Gasteiger partial charge in [0, 0.05) is 13.7 Å². The van der Waals surface area contributed by atoms with E-state index in [0.29, 0.717) is 39.6 Å². The lowest BCUT2D eigenvalue weighted by atomic mass is 10.3.